The van der Waals surface area contributed by atoms with E-state index in [0.29, 0.717) is 117 Å². The van der Waals surface area contributed by atoms with Crippen LogP contribution < -0.4 is 27.0 Å². The lowest BCUT2D eigenvalue weighted by atomic mass is 9.90. The van der Waals surface area contributed by atoms with Gasteiger partial charge >= 0.3 is 0 Å². The van der Waals surface area contributed by atoms with Crippen molar-refractivity contribution in [3.8, 4) is 0 Å². The standard InChI is InChI=1S/C25H36N6O2S.C25H34N6OS.C25H37N5OS.C24H35N5O2S.CH2Cl2.CH4O.CH4/c1-30(14-21(33)31-12-2-3-13-31)18-8-6-17(7-9-18)29-24-23-22-16(5-11-20(26)32)4-10-19(22)34-25(23)28-15-27-24;1-26-12-11-17-5-10-20-22(17)23-24(27-16-28-25(23)33-20)29-18-6-8-19(9-7-18)30(2)15-21(32)31-13-3-4-14-31;1-3-6-17-7-12-20-22(17)23-24(26-16-27-25(23)32-20)28-18-8-10-19(11-9-18)29(2)15-21(31)30-13-4-5-14-30;1-28(14-20(31)29-11-2-3-12-29)18-7-5-17(6-8-18)27-23-22-21-16(10-13-30)4-9-19(21)32-24(22)26-15-25-23;2-1-3;1-2;/h15-18H,2-14H2,1H3,(H2,26,32)(H,27,28,29);16-19H,3-15H2,2H3,(H,27,28,29);16-19H,3-15H2,1-2H3,(H,26,27,28);15-18,30H,2-14H2,1H3,(H,25,26,27);1H2;2H,1H3;1H4/t16-,17?,18?;2*17-,18?,19?;16-,17?,18?;;;/m1101.../s1. The SMILES string of the molecule is C.CCC[C@H]1CCc2sc3ncnc(NC4CCC(N(C)CC(=O)N5CCCC5)CC4)c3c21.CN(CC(=O)N1CCCC1)C1CCC(Nc2ncnc3sc4c(c23)[C@@H](CCC(N)=O)CC4)CC1.CN(CC(=O)N1CCCC1)C1CCC(Nc2ncnc3sc4c(c23)[C@@H](CCO)CC4)CC1.CO.ClCCl.[C-]#[N+]CC[C@H]1CCc2sc3ncnc(NC4CCC(N(C)CC(=O)N5CCCC5)CC4)c3c21. The number of primary amides is 1. The van der Waals surface area contributed by atoms with Crippen LogP contribution in [-0.4, -0.2) is 299 Å². The molecule has 137 heavy (non-hydrogen) atoms. The number of aliphatic hydroxyl groups excluding tert-OH is 2. The first-order valence-corrected chi connectivity index (χ1v) is 55.5. The quantitative estimate of drug-likeness (QED) is 0.0169. The van der Waals surface area contributed by atoms with Gasteiger partial charge in [-0.2, -0.15) is 0 Å². The molecule has 4 saturated carbocycles. The Morgan fingerprint density at radius 1 is 0.401 bits per heavy atom. The van der Waals surface area contributed by atoms with Gasteiger partial charge in [0.15, 0.2) is 0 Å². The molecule has 0 unspecified atom stereocenters. The van der Waals surface area contributed by atoms with Gasteiger partial charge in [0.2, 0.25) is 36.1 Å². The second kappa shape index (κ2) is 51.5. The fraction of sp³-hybridized carbons (Fsp3) is 0.706. The highest BCUT2D eigenvalue weighted by Gasteiger charge is 2.39. The Morgan fingerprint density at radius 2 is 0.642 bits per heavy atom. The van der Waals surface area contributed by atoms with Crippen molar-refractivity contribution in [3.05, 3.63) is 78.5 Å². The van der Waals surface area contributed by atoms with Gasteiger partial charge in [0, 0.05) is 147 Å². The number of carbonyl (C=O) groups excluding carboxylic acids is 5. The molecule has 12 aliphatic rings. The number of fused-ring (bicyclic) bond motifs is 12. The van der Waals surface area contributed by atoms with E-state index in [0.717, 1.165) is 319 Å². The Hall–Kier alpha value is -7.46. The number of hydrogen-bond acceptors (Lipinski definition) is 27. The fourth-order valence-electron chi connectivity index (χ4n) is 24.0. The summed E-state index contributed by atoms with van der Waals surface area (Å²) < 4.78 is 0. The molecule has 8 aromatic heterocycles. The zero-order valence-corrected chi connectivity index (χ0v) is 86.0. The molecule has 4 saturated heterocycles. The maximum Gasteiger partial charge on any atom is 0.236 e. The first-order valence-electron chi connectivity index (χ1n) is 51.1. The van der Waals surface area contributed by atoms with Crippen molar-refractivity contribution < 1.29 is 34.2 Å². The molecule has 8 N–H and O–H groups in total. The molecule has 8 fully saturated rings. The summed E-state index contributed by atoms with van der Waals surface area (Å²) in [6, 6.07) is 3.54. The number of thiophene rings is 4. The smallest absolute Gasteiger partial charge is 0.236 e. The first kappa shape index (κ1) is 105. The highest BCUT2D eigenvalue weighted by atomic mass is 35.5. The van der Waals surface area contributed by atoms with Crippen LogP contribution in [0.25, 0.3) is 45.7 Å². The fourth-order valence-corrected chi connectivity index (χ4v) is 28.9. The number of alkyl halides is 2. The van der Waals surface area contributed by atoms with Crippen molar-refractivity contribution in [1.29, 1.82) is 0 Å². The number of likely N-dealkylation sites (N-methyl/N-ethyl adjacent to an activating group) is 4. The van der Waals surface area contributed by atoms with Gasteiger partial charge in [0.25, 0.3) is 0 Å². The van der Waals surface area contributed by atoms with Crippen molar-refractivity contribution >= 4 is 162 Å². The number of halogens is 2. The lowest BCUT2D eigenvalue weighted by Crippen LogP contribution is -2.44. The summed E-state index contributed by atoms with van der Waals surface area (Å²) >= 11 is 16.8. The molecule has 20 rings (SSSR count). The molecule has 0 radical (unpaired) electrons. The monoisotopic (exact) mass is 2000 g/mol. The number of carbonyl (C=O) groups is 5. The Labute approximate surface area is 837 Å². The van der Waals surface area contributed by atoms with E-state index in [1.165, 1.54) is 78.0 Å². The lowest BCUT2D eigenvalue weighted by molar-refractivity contribution is -0.132. The number of aliphatic hydroxyl groups is 2. The van der Waals surface area contributed by atoms with E-state index in [-0.39, 0.29) is 43.0 Å². The van der Waals surface area contributed by atoms with Crippen molar-refractivity contribution in [2.45, 2.75) is 330 Å². The van der Waals surface area contributed by atoms with E-state index in [2.05, 4.69) is 116 Å². The van der Waals surface area contributed by atoms with Crippen molar-refractivity contribution in [3.63, 3.8) is 0 Å². The number of anilines is 4. The van der Waals surface area contributed by atoms with Crippen LogP contribution in [0.15, 0.2) is 25.3 Å². The van der Waals surface area contributed by atoms with Crippen molar-refractivity contribution in [1.82, 2.24) is 79.1 Å². The molecule has 29 nitrogen and oxygen atoms in total. The van der Waals surface area contributed by atoms with Gasteiger partial charge in [-0.3, -0.25) is 43.6 Å². The molecular formula is C102H152Cl2N22O7S4. The van der Waals surface area contributed by atoms with E-state index in [1.807, 2.05) is 42.3 Å². The average Bonchev–Trinajstić information content (AvgIpc) is 1.62. The maximum absolute atomic E-state index is 12.5. The number of rotatable bonds is 29. The molecule has 750 valence electrons. The topological polar surface area (TPSA) is 333 Å². The molecule has 0 spiro atoms. The summed E-state index contributed by atoms with van der Waals surface area (Å²) in [6.45, 7) is 19.9. The summed E-state index contributed by atoms with van der Waals surface area (Å²) in [5.41, 5.74) is 11.1. The first-order chi connectivity index (χ1) is 66.3. The second-order valence-electron chi connectivity index (χ2n) is 40.0. The van der Waals surface area contributed by atoms with Crippen molar-refractivity contribution in [2.24, 2.45) is 5.73 Å². The van der Waals surface area contributed by atoms with E-state index in [9.17, 15) is 29.1 Å². The highest BCUT2D eigenvalue weighted by Crippen LogP contribution is 2.52. The number of aryl methyl sites for hydroxylation is 4. The van der Waals surface area contributed by atoms with Gasteiger partial charge < -0.3 is 61.7 Å². The van der Waals surface area contributed by atoms with Crippen LogP contribution in [0.3, 0.4) is 0 Å². The van der Waals surface area contributed by atoms with Crippen LogP contribution in [0, 0.1) is 6.57 Å². The predicted octanol–water partition coefficient (Wildman–Crippen LogP) is 17.4. The number of amides is 5. The van der Waals surface area contributed by atoms with Gasteiger partial charge in [0.1, 0.15) is 67.9 Å². The zero-order chi connectivity index (χ0) is 95.3. The van der Waals surface area contributed by atoms with Crippen LogP contribution in [-0.2, 0) is 49.7 Å². The van der Waals surface area contributed by atoms with Crippen LogP contribution >= 0.6 is 68.5 Å². The summed E-state index contributed by atoms with van der Waals surface area (Å²) in [5, 5.41) is 36.6. The Bertz CT molecular complexity index is 5130. The third-order valence-electron chi connectivity index (χ3n) is 31.4. The number of aromatic nitrogens is 8. The maximum atomic E-state index is 12.5. The van der Waals surface area contributed by atoms with Crippen LogP contribution in [0.1, 0.15) is 298 Å². The molecule has 0 bridgehead atoms. The molecule has 12 heterocycles. The highest BCUT2D eigenvalue weighted by molar-refractivity contribution is 7.20. The molecule has 4 aliphatic heterocycles. The van der Waals surface area contributed by atoms with Gasteiger partial charge in [-0.15, -0.1) is 68.5 Å². The summed E-state index contributed by atoms with van der Waals surface area (Å²) in [4.78, 5) is 129. The van der Waals surface area contributed by atoms with E-state index < -0.39 is 0 Å². The lowest BCUT2D eigenvalue weighted by Gasteiger charge is -2.35. The molecule has 4 atom stereocenters. The van der Waals surface area contributed by atoms with Gasteiger partial charge in [-0.25, -0.2) is 46.4 Å². The number of likely N-dealkylation sites (tertiary alicyclic amines) is 4. The zero-order valence-electron chi connectivity index (χ0n) is 81.2. The summed E-state index contributed by atoms with van der Waals surface area (Å²) in [6.07, 6.45) is 48.1. The van der Waals surface area contributed by atoms with E-state index in [4.69, 9.17) is 45.6 Å². The summed E-state index contributed by atoms with van der Waals surface area (Å²) in [5.74, 6) is 6.80. The molecule has 35 heteroatoms. The number of nitrogens with zero attached hydrogens (tertiary/aromatic N) is 17. The Kier molecular flexibility index (Phi) is 39.6. The minimum absolute atomic E-state index is 0. The normalized spacial score (nSPS) is 24.2. The van der Waals surface area contributed by atoms with Crippen LogP contribution in [0.4, 0.5) is 23.3 Å². The number of nitrogens with one attached hydrogen (secondary N) is 4. The van der Waals surface area contributed by atoms with Crippen molar-refractivity contribution in [2.75, 3.05) is 154 Å². The van der Waals surface area contributed by atoms with E-state index >= 15 is 0 Å². The predicted molar refractivity (Wildman–Crippen MR) is 559 cm³/mol. The molecule has 8 aromatic rings. The van der Waals surface area contributed by atoms with Crippen LogP contribution in [0.2, 0.25) is 0 Å². The largest absolute Gasteiger partial charge is 0.400 e. The summed E-state index contributed by atoms with van der Waals surface area (Å²) in [7, 11) is 9.44. The van der Waals surface area contributed by atoms with Gasteiger partial charge in [0.05, 0.1) is 53.1 Å². The van der Waals surface area contributed by atoms with E-state index in [1.54, 1.807) is 53.5 Å². The minimum atomic E-state index is -0.230. The molecule has 0 aromatic carbocycles. The third-order valence-corrected chi connectivity index (χ3v) is 36.1. The molecular weight excluding hydrogens is 1840 g/mol. The molecule has 5 amide bonds. The number of hydrogen-bond donors (Lipinski definition) is 7. The van der Waals surface area contributed by atoms with Gasteiger partial charge in [-0.1, -0.05) is 20.8 Å². The number of nitrogens with two attached hydrogens (primary N) is 1. The van der Waals surface area contributed by atoms with Crippen LogP contribution in [0.5, 0.6) is 0 Å². The van der Waals surface area contributed by atoms with Gasteiger partial charge in [-0.05, 0) is 299 Å². The Morgan fingerprint density at radius 3 is 0.876 bits per heavy atom. The average molecular weight is 2000 g/mol. The Balaban J connectivity index is 0.000000143. The third kappa shape index (κ3) is 26.3. The molecule has 8 aliphatic carbocycles. The second-order valence-corrected chi connectivity index (χ2v) is 45.1. The minimum Gasteiger partial charge on any atom is -0.400 e.